The number of aromatic nitrogens is 3. The van der Waals surface area contributed by atoms with Gasteiger partial charge in [-0.05, 0) is 30.7 Å². The lowest BCUT2D eigenvalue weighted by molar-refractivity contribution is 0.0932. The summed E-state index contributed by atoms with van der Waals surface area (Å²) in [5.41, 5.74) is 7.57. The molecule has 8 nitrogen and oxygen atoms in total. The van der Waals surface area contributed by atoms with Crippen LogP contribution in [0, 0.1) is 5.82 Å². The van der Waals surface area contributed by atoms with Crippen molar-refractivity contribution in [1.29, 1.82) is 0 Å². The minimum atomic E-state index is -0.751. The van der Waals surface area contributed by atoms with E-state index >= 15 is 0 Å². The number of benzene rings is 2. The van der Waals surface area contributed by atoms with Crippen molar-refractivity contribution in [3.63, 3.8) is 0 Å². The standard InChI is InChI=1S/C23H20FN5O3/c1-13(15-8-9-19(32-2)16(24)10-15)27-23(31)18-11-17(14-6-4-3-5-7-14)28-22-20(21(25)30)26-12-29(18)22/h3-13H,1-2H3,(H2,25,30)(H,27,31). The number of carbonyl (C=O) groups excluding carboxylic acids is 2. The van der Waals surface area contributed by atoms with Gasteiger partial charge >= 0.3 is 0 Å². The predicted molar refractivity (Wildman–Crippen MR) is 116 cm³/mol. The fraction of sp³-hybridized carbons (Fsp3) is 0.130. The molecule has 2 amide bonds. The van der Waals surface area contributed by atoms with E-state index in [4.69, 9.17) is 10.5 Å². The van der Waals surface area contributed by atoms with Gasteiger partial charge < -0.3 is 15.8 Å². The van der Waals surface area contributed by atoms with Gasteiger partial charge in [0.05, 0.1) is 18.8 Å². The largest absolute Gasteiger partial charge is 0.494 e. The second-order valence-electron chi connectivity index (χ2n) is 7.13. The minimum Gasteiger partial charge on any atom is -0.494 e. The highest BCUT2D eigenvalue weighted by Gasteiger charge is 2.21. The monoisotopic (exact) mass is 433 g/mol. The molecule has 2 aromatic heterocycles. The van der Waals surface area contributed by atoms with Gasteiger partial charge in [-0.25, -0.2) is 14.4 Å². The van der Waals surface area contributed by atoms with Crippen molar-refractivity contribution in [1.82, 2.24) is 19.7 Å². The second-order valence-corrected chi connectivity index (χ2v) is 7.13. The van der Waals surface area contributed by atoms with Crippen LogP contribution in [0.3, 0.4) is 0 Å². The van der Waals surface area contributed by atoms with Crippen LogP contribution in [0.15, 0.2) is 60.9 Å². The first-order chi connectivity index (χ1) is 15.4. The number of nitrogens with zero attached hydrogens (tertiary/aromatic N) is 3. The van der Waals surface area contributed by atoms with Gasteiger partial charge in [0.15, 0.2) is 22.9 Å². The Bertz CT molecular complexity index is 1320. The van der Waals surface area contributed by atoms with Gasteiger partial charge in [0.1, 0.15) is 12.0 Å². The lowest BCUT2D eigenvalue weighted by Crippen LogP contribution is -2.28. The Labute approximate surface area is 182 Å². The number of halogens is 1. The molecule has 1 unspecified atom stereocenters. The average Bonchev–Trinajstić information content (AvgIpc) is 3.23. The molecule has 4 aromatic rings. The number of hydrogen-bond donors (Lipinski definition) is 2. The van der Waals surface area contributed by atoms with Crippen LogP contribution in [0.25, 0.3) is 16.9 Å². The average molecular weight is 433 g/mol. The van der Waals surface area contributed by atoms with E-state index in [1.165, 1.54) is 30.0 Å². The molecule has 0 saturated heterocycles. The van der Waals surface area contributed by atoms with Gasteiger partial charge in [-0.3, -0.25) is 14.0 Å². The molecular formula is C23H20FN5O3. The van der Waals surface area contributed by atoms with Crippen molar-refractivity contribution in [2.75, 3.05) is 7.11 Å². The topological polar surface area (TPSA) is 112 Å². The number of primary amides is 1. The Morgan fingerprint density at radius 1 is 1.16 bits per heavy atom. The number of rotatable bonds is 6. The van der Waals surface area contributed by atoms with Crippen LogP contribution in [0.2, 0.25) is 0 Å². The quantitative estimate of drug-likeness (QED) is 0.485. The van der Waals surface area contributed by atoms with Gasteiger partial charge in [0.2, 0.25) is 0 Å². The van der Waals surface area contributed by atoms with Gasteiger partial charge in [-0.1, -0.05) is 36.4 Å². The van der Waals surface area contributed by atoms with Gasteiger partial charge in [0, 0.05) is 5.56 Å². The highest BCUT2D eigenvalue weighted by molar-refractivity contribution is 5.99. The summed E-state index contributed by atoms with van der Waals surface area (Å²) in [7, 11) is 1.38. The van der Waals surface area contributed by atoms with Crippen LogP contribution < -0.4 is 15.8 Å². The van der Waals surface area contributed by atoms with Crippen LogP contribution in [0.4, 0.5) is 4.39 Å². The smallest absolute Gasteiger partial charge is 0.271 e. The number of ether oxygens (including phenoxy) is 1. The summed E-state index contributed by atoms with van der Waals surface area (Å²) >= 11 is 0. The highest BCUT2D eigenvalue weighted by atomic mass is 19.1. The summed E-state index contributed by atoms with van der Waals surface area (Å²) in [5.74, 6) is -1.61. The minimum absolute atomic E-state index is 0.0397. The molecule has 0 aliphatic heterocycles. The molecule has 4 rings (SSSR count). The molecule has 3 N–H and O–H groups in total. The molecule has 2 heterocycles. The molecular weight excluding hydrogens is 413 g/mol. The maximum atomic E-state index is 14.1. The summed E-state index contributed by atoms with van der Waals surface area (Å²) in [6.07, 6.45) is 1.32. The summed E-state index contributed by atoms with van der Waals surface area (Å²) in [4.78, 5) is 33.5. The van der Waals surface area contributed by atoms with E-state index in [9.17, 15) is 14.0 Å². The molecule has 0 fully saturated rings. The first-order valence-electron chi connectivity index (χ1n) is 9.76. The molecule has 162 valence electrons. The lowest BCUT2D eigenvalue weighted by atomic mass is 10.1. The molecule has 32 heavy (non-hydrogen) atoms. The normalized spacial score (nSPS) is 11.8. The third kappa shape index (κ3) is 3.87. The van der Waals surface area contributed by atoms with Crippen molar-refractivity contribution >= 4 is 17.5 Å². The first kappa shape index (κ1) is 21.0. The number of imidazole rings is 1. The number of hydrogen-bond acceptors (Lipinski definition) is 5. The summed E-state index contributed by atoms with van der Waals surface area (Å²) in [6, 6.07) is 14.8. The van der Waals surface area contributed by atoms with E-state index < -0.39 is 23.7 Å². The maximum absolute atomic E-state index is 14.1. The molecule has 2 aromatic carbocycles. The maximum Gasteiger partial charge on any atom is 0.271 e. The number of amides is 2. The van der Waals surface area contributed by atoms with Crippen LogP contribution >= 0.6 is 0 Å². The third-order valence-corrected chi connectivity index (χ3v) is 5.06. The van der Waals surface area contributed by atoms with Crippen molar-refractivity contribution < 1.29 is 18.7 Å². The lowest BCUT2D eigenvalue weighted by Gasteiger charge is -2.16. The van der Waals surface area contributed by atoms with Gasteiger partial charge in [-0.15, -0.1) is 0 Å². The molecule has 0 saturated carbocycles. The Kier molecular flexibility index (Phi) is 5.55. The molecule has 9 heteroatoms. The first-order valence-corrected chi connectivity index (χ1v) is 9.76. The van der Waals surface area contributed by atoms with Crippen molar-refractivity contribution in [2.45, 2.75) is 13.0 Å². The van der Waals surface area contributed by atoms with Gasteiger partial charge in [-0.2, -0.15) is 0 Å². The van der Waals surface area contributed by atoms with E-state index in [2.05, 4.69) is 15.3 Å². The highest BCUT2D eigenvalue weighted by Crippen LogP contribution is 2.24. The zero-order chi connectivity index (χ0) is 22.8. The zero-order valence-electron chi connectivity index (χ0n) is 17.4. The molecule has 0 aliphatic carbocycles. The van der Waals surface area contributed by atoms with E-state index in [1.807, 2.05) is 30.3 Å². The molecule has 1 atom stereocenters. The van der Waals surface area contributed by atoms with Crippen LogP contribution in [0.5, 0.6) is 5.75 Å². The fourth-order valence-electron chi connectivity index (χ4n) is 3.38. The van der Waals surface area contributed by atoms with Crippen LogP contribution in [0.1, 0.15) is 39.5 Å². The van der Waals surface area contributed by atoms with Crippen molar-refractivity contribution in [3.8, 4) is 17.0 Å². The summed E-state index contributed by atoms with van der Waals surface area (Å²) in [5, 5.41) is 2.85. The van der Waals surface area contributed by atoms with E-state index in [-0.39, 0.29) is 22.8 Å². The number of nitrogens with two attached hydrogens (primary N) is 1. The number of nitrogens with one attached hydrogen (secondary N) is 1. The van der Waals surface area contributed by atoms with Crippen molar-refractivity contribution in [2.24, 2.45) is 5.73 Å². The van der Waals surface area contributed by atoms with Crippen LogP contribution in [-0.4, -0.2) is 33.3 Å². The van der Waals surface area contributed by atoms with Crippen LogP contribution in [-0.2, 0) is 0 Å². The third-order valence-electron chi connectivity index (χ3n) is 5.06. The summed E-state index contributed by atoms with van der Waals surface area (Å²) in [6.45, 7) is 1.73. The SMILES string of the molecule is COc1ccc(C(C)NC(=O)c2cc(-c3ccccc3)nc3c(C(N)=O)ncn23)cc1F. The number of fused-ring (bicyclic) bond motifs is 1. The Balaban J connectivity index is 1.74. The van der Waals surface area contributed by atoms with E-state index in [0.717, 1.165) is 5.56 Å². The second kappa shape index (κ2) is 8.46. The number of methoxy groups -OCH3 is 1. The van der Waals surface area contributed by atoms with E-state index in [0.29, 0.717) is 11.3 Å². The number of carbonyl (C=O) groups is 2. The molecule has 0 spiro atoms. The molecule has 0 bridgehead atoms. The molecule has 0 radical (unpaired) electrons. The van der Waals surface area contributed by atoms with Gasteiger partial charge in [0.25, 0.3) is 11.8 Å². The Morgan fingerprint density at radius 2 is 1.91 bits per heavy atom. The fourth-order valence-corrected chi connectivity index (χ4v) is 3.38. The summed E-state index contributed by atoms with van der Waals surface area (Å²) < 4.78 is 20.4. The predicted octanol–water partition coefficient (Wildman–Crippen LogP) is 3.13. The van der Waals surface area contributed by atoms with Crippen molar-refractivity contribution in [3.05, 3.63) is 83.7 Å². The molecule has 0 aliphatic rings. The Morgan fingerprint density at radius 3 is 2.56 bits per heavy atom. The van der Waals surface area contributed by atoms with E-state index in [1.54, 1.807) is 19.1 Å². The zero-order valence-corrected chi connectivity index (χ0v) is 17.4. The Hall–Kier alpha value is -4.27.